The Balaban J connectivity index is 1.40. The zero-order valence-electron chi connectivity index (χ0n) is 16.7. The summed E-state index contributed by atoms with van der Waals surface area (Å²) >= 11 is 0. The zero-order valence-corrected chi connectivity index (χ0v) is 16.7. The first-order chi connectivity index (χ1) is 14.1. The highest BCUT2D eigenvalue weighted by atomic mass is 16.5. The van der Waals surface area contributed by atoms with Crippen LogP contribution in [0.3, 0.4) is 0 Å². The van der Waals surface area contributed by atoms with Gasteiger partial charge in [-0.05, 0) is 28.8 Å². The first-order valence-corrected chi connectivity index (χ1v) is 9.70. The van der Waals surface area contributed by atoms with E-state index in [0.29, 0.717) is 30.3 Å². The van der Waals surface area contributed by atoms with Gasteiger partial charge in [0.1, 0.15) is 11.5 Å². The van der Waals surface area contributed by atoms with Crippen LogP contribution in [0.15, 0.2) is 36.4 Å². The van der Waals surface area contributed by atoms with E-state index in [4.69, 9.17) is 9.47 Å². The molecule has 0 radical (unpaired) electrons. The summed E-state index contributed by atoms with van der Waals surface area (Å²) in [7, 11) is 3.13. The topological polar surface area (TPSA) is 79.9 Å². The van der Waals surface area contributed by atoms with Crippen molar-refractivity contribution in [2.75, 3.05) is 25.7 Å². The number of anilines is 1. The van der Waals surface area contributed by atoms with Gasteiger partial charge < -0.3 is 25.0 Å². The van der Waals surface area contributed by atoms with Gasteiger partial charge >= 0.3 is 0 Å². The van der Waals surface area contributed by atoms with Crippen LogP contribution in [0.1, 0.15) is 23.1 Å². The third kappa shape index (κ3) is 3.91. The number of hydrogen-bond acceptors (Lipinski definition) is 5. The molecule has 4 rings (SSSR count). The number of fused-ring (bicyclic) bond motifs is 1. The molecule has 2 aromatic rings. The van der Waals surface area contributed by atoms with Gasteiger partial charge in [0.15, 0.2) is 0 Å². The van der Waals surface area contributed by atoms with E-state index in [1.54, 1.807) is 37.3 Å². The second-order valence-corrected chi connectivity index (χ2v) is 7.37. The van der Waals surface area contributed by atoms with Crippen molar-refractivity contribution in [3.05, 3.63) is 53.1 Å². The van der Waals surface area contributed by atoms with Gasteiger partial charge in [-0.25, -0.2) is 0 Å². The van der Waals surface area contributed by atoms with Crippen LogP contribution in [-0.4, -0.2) is 32.6 Å². The van der Waals surface area contributed by atoms with Crippen LogP contribution in [-0.2, 0) is 29.2 Å². The second-order valence-electron chi connectivity index (χ2n) is 7.37. The fourth-order valence-corrected chi connectivity index (χ4v) is 3.92. The van der Waals surface area contributed by atoms with Crippen molar-refractivity contribution in [2.45, 2.75) is 26.1 Å². The van der Waals surface area contributed by atoms with E-state index in [2.05, 4.69) is 22.8 Å². The van der Waals surface area contributed by atoms with Crippen LogP contribution in [0, 0.1) is 5.92 Å². The lowest BCUT2D eigenvalue weighted by Crippen LogP contribution is -2.32. The largest absolute Gasteiger partial charge is 0.497 e. The number of carbonyl (C=O) groups is 2. The zero-order chi connectivity index (χ0) is 20.4. The summed E-state index contributed by atoms with van der Waals surface area (Å²) in [6, 6.07) is 11.6. The van der Waals surface area contributed by atoms with E-state index in [-0.39, 0.29) is 24.2 Å². The molecule has 7 heteroatoms. The van der Waals surface area contributed by atoms with Crippen molar-refractivity contribution >= 4 is 17.5 Å². The lowest BCUT2D eigenvalue weighted by molar-refractivity contribution is -0.126. The molecule has 1 saturated heterocycles. The summed E-state index contributed by atoms with van der Waals surface area (Å²) in [4.78, 5) is 26.9. The van der Waals surface area contributed by atoms with Gasteiger partial charge in [-0.2, -0.15) is 0 Å². The maximum absolute atomic E-state index is 12.7. The Labute approximate surface area is 170 Å². The van der Waals surface area contributed by atoms with Crippen LogP contribution in [0.2, 0.25) is 0 Å². The number of methoxy groups -OCH3 is 2. The minimum Gasteiger partial charge on any atom is -0.497 e. The molecule has 0 spiro atoms. The van der Waals surface area contributed by atoms with Crippen molar-refractivity contribution in [1.82, 2.24) is 10.6 Å². The Morgan fingerprint density at radius 1 is 1.14 bits per heavy atom. The molecule has 2 aliphatic heterocycles. The SMILES string of the molecule is COc1ccc(N2CC(C(=O)NCc3ccc4c(c3)CNC4)CC2=O)c(OC)c1. The van der Waals surface area contributed by atoms with Crippen LogP contribution in [0.4, 0.5) is 5.69 Å². The summed E-state index contributed by atoms with van der Waals surface area (Å²) in [5, 5.41) is 6.30. The molecule has 0 bridgehead atoms. The first-order valence-electron chi connectivity index (χ1n) is 9.70. The molecule has 0 aromatic heterocycles. The second kappa shape index (κ2) is 8.13. The maximum atomic E-state index is 12.7. The van der Waals surface area contributed by atoms with E-state index >= 15 is 0 Å². The van der Waals surface area contributed by atoms with Gasteiger partial charge in [-0.15, -0.1) is 0 Å². The Bertz CT molecular complexity index is 944. The number of amides is 2. The monoisotopic (exact) mass is 395 g/mol. The average Bonchev–Trinajstić information content (AvgIpc) is 3.37. The van der Waals surface area contributed by atoms with Crippen LogP contribution in [0.5, 0.6) is 11.5 Å². The Kier molecular flexibility index (Phi) is 5.40. The van der Waals surface area contributed by atoms with E-state index in [9.17, 15) is 9.59 Å². The van der Waals surface area contributed by atoms with Crippen LogP contribution >= 0.6 is 0 Å². The van der Waals surface area contributed by atoms with Gasteiger partial charge in [0.2, 0.25) is 11.8 Å². The number of benzene rings is 2. The molecule has 29 heavy (non-hydrogen) atoms. The van der Waals surface area contributed by atoms with Crippen LogP contribution < -0.4 is 25.0 Å². The summed E-state index contributed by atoms with van der Waals surface area (Å²) in [6.07, 6.45) is 0.190. The van der Waals surface area contributed by atoms with Gasteiger partial charge in [0.05, 0.1) is 25.8 Å². The van der Waals surface area contributed by atoms with Gasteiger partial charge in [-0.3, -0.25) is 9.59 Å². The highest BCUT2D eigenvalue weighted by Gasteiger charge is 2.36. The van der Waals surface area contributed by atoms with Crippen LogP contribution in [0.25, 0.3) is 0 Å². The van der Waals surface area contributed by atoms with Crippen molar-refractivity contribution in [3.63, 3.8) is 0 Å². The molecule has 7 nitrogen and oxygen atoms in total. The van der Waals surface area contributed by atoms with Gasteiger partial charge in [-0.1, -0.05) is 18.2 Å². The standard InChI is InChI=1S/C22H25N3O4/c1-28-18-5-6-19(20(9-18)29-2)25-13-17(8-21(25)26)22(27)24-10-14-3-4-15-11-23-12-16(15)7-14/h3-7,9,17,23H,8,10-13H2,1-2H3,(H,24,27). The molecule has 2 aromatic carbocycles. The normalized spacial score (nSPS) is 17.9. The Morgan fingerprint density at radius 3 is 2.76 bits per heavy atom. The Morgan fingerprint density at radius 2 is 1.97 bits per heavy atom. The molecular weight excluding hydrogens is 370 g/mol. The van der Waals surface area contributed by atoms with Crippen molar-refractivity contribution in [1.29, 1.82) is 0 Å². The van der Waals surface area contributed by atoms with Crippen molar-refractivity contribution in [3.8, 4) is 11.5 Å². The number of ether oxygens (including phenoxy) is 2. The smallest absolute Gasteiger partial charge is 0.227 e. The molecular formula is C22H25N3O4. The fraction of sp³-hybridized carbons (Fsp3) is 0.364. The summed E-state index contributed by atoms with van der Waals surface area (Å²) in [6.45, 7) is 2.56. The highest BCUT2D eigenvalue weighted by molar-refractivity contribution is 6.01. The first kappa shape index (κ1) is 19.3. The highest BCUT2D eigenvalue weighted by Crippen LogP contribution is 2.35. The lowest BCUT2D eigenvalue weighted by Gasteiger charge is -2.20. The van der Waals surface area contributed by atoms with Crippen molar-refractivity contribution < 1.29 is 19.1 Å². The Hall–Kier alpha value is -3.06. The number of rotatable bonds is 6. The maximum Gasteiger partial charge on any atom is 0.227 e. The number of nitrogens with one attached hydrogen (secondary N) is 2. The molecule has 2 N–H and O–H groups in total. The number of hydrogen-bond donors (Lipinski definition) is 2. The minimum atomic E-state index is -0.384. The van der Waals surface area contributed by atoms with E-state index < -0.39 is 0 Å². The summed E-state index contributed by atoms with van der Waals surface area (Å²) in [5.74, 6) is 0.621. The average molecular weight is 395 g/mol. The predicted molar refractivity (Wildman–Crippen MR) is 109 cm³/mol. The summed E-state index contributed by atoms with van der Waals surface area (Å²) < 4.78 is 10.6. The van der Waals surface area contributed by atoms with Gasteiger partial charge in [0, 0.05) is 38.7 Å². The number of carbonyl (C=O) groups excluding carboxylic acids is 2. The lowest BCUT2D eigenvalue weighted by atomic mass is 10.1. The molecule has 1 fully saturated rings. The molecule has 2 aliphatic rings. The minimum absolute atomic E-state index is 0.0859. The molecule has 152 valence electrons. The molecule has 1 atom stereocenters. The van der Waals surface area contributed by atoms with Gasteiger partial charge in [0.25, 0.3) is 0 Å². The molecule has 0 saturated carbocycles. The number of nitrogens with zero attached hydrogens (tertiary/aromatic N) is 1. The quantitative estimate of drug-likeness (QED) is 0.782. The van der Waals surface area contributed by atoms with Crippen molar-refractivity contribution in [2.24, 2.45) is 5.92 Å². The van der Waals surface area contributed by atoms with E-state index in [1.165, 1.54) is 11.1 Å². The molecule has 2 amide bonds. The summed E-state index contributed by atoms with van der Waals surface area (Å²) in [5.41, 5.74) is 4.31. The molecule has 0 aliphatic carbocycles. The molecule has 1 unspecified atom stereocenters. The van der Waals surface area contributed by atoms with E-state index in [1.807, 2.05) is 6.07 Å². The van der Waals surface area contributed by atoms with E-state index in [0.717, 1.165) is 18.7 Å². The predicted octanol–water partition coefficient (Wildman–Crippen LogP) is 1.98. The molecule has 2 heterocycles. The fourth-order valence-electron chi connectivity index (χ4n) is 3.92. The third-order valence-electron chi connectivity index (χ3n) is 5.54. The third-order valence-corrected chi connectivity index (χ3v) is 5.54.